The highest BCUT2D eigenvalue weighted by molar-refractivity contribution is 7.99. The Hall–Kier alpha value is -3.58. The topological polar surface area (TPSA) is 69.0 Å². The van der Waals surface area contributed by atoms with Crippen LogP contribution in [0.2, 0.25) is 0 Å². The van der Waals surface area contributed by atoms with Crippen LogP contribution in [0.3, 0.4) is 0 Å². The third-order valence-electron chi connectivity index (χ3n) is 5.30. The summed E-state index contributed by atoms with van der Waals surface area (Å²) in [6.07, 6.45) is 0.635. The largest absolute Gasteiger partial charge is 0.494 e. The van der Waals surface area contributed by atoms with Crippen LogP contribution in [0, 0.1) is 13.8 Å². The summed E-state index contributed by atoms with van der Waals surface area (Å²) in [5.74, 6) is 1.77. The lowest BCUT2D eigenvalue weighted by Gasteiger charge is -2.12. The molecule has 6 nitrogen and oxygen atoms in total. The van der Waals surface area contributed by atoms with Gasteiger partial charge in [-0.3, -0.25) is 9.36 Å². The van der Waals surface area contributed by atoms with Gasteiger partial charge in [-0.25, -0.2) is 0 Å². The summed E-state index contributed by atoms with van der Waals surface area (Å²) in [6.45, 7) is 6.61. The molecule has 34 heavy (non-hydrogen) atoms. The molecule has 0 saturated carbocycles. The zero-order chi connectivity index (χ0) is 23.9. The number of aryl methyl sites for hydroxylation is 2. The highest BCUT2D eigenvalue weighted by Crippen LogP contribution is 2.26. The normalized spacial score (nSPS) is 10.8. The minimum absolute atomic E-state index is 0.0807. The SMILES string of the molecule is CCOc1ccc(-n2c(Cc3ccccc3)nnc2SCC(=O)Nc2ccc(C)cc2C)cc1. The summed E-state index contributed by atoms with van der Waals surface area (Å²) in [5.41, 5.74) is 5.11. The van der Waals surface area contributed by atoms with Crippen molar-refractivity contribution in [2.24, 2.45) is 0 Å². The molecular formula is C27H28N4O2S. The molecule has 1 N–H and O–H groups in total. The summed E-state index contributed by atoms with van der Waals surface area (Å²) in [4.78, 5) is 12.7. The molecule has 4 rings (SSSR count). The minimum atomic E-state index is -0.0807. The first-order valence-electron chi connectivity index (χ1n) is 11.2. The maximum Gasteiger partial charge on any atom is 0.234 e. The van der Waals surface area contributed by atoms with E-state index in [1.54, 1.807) is 0 Å². The lowest BCUT2D eigenvalue weighted by atomic mass is 10.1. The number of hydrogen-bond donors (Lipinski definition) is 1. The molecule has 1 aromatic heterocycles. The van der Waals surface area contributed by atoms with E-state index in [0.29, 0.717) is 18.2 Å². The average Bonchev–Trinajstić information content (AvgIpc) is 3.23. The van der Waals surface area contributed by atoms with E-state index in [9.17, 15) is 4.79 Å². The van der Waals surface area contributed by atoms with Gasteiger partial charge in [0.05, 0.1) is 12.4 Å². The molecule has 0 spiro atoms. The van der Waals surface area contributed by atoms with Gasteiger partial charge in [0.25, 0.3) is 0 Å². The molecule has 0 aliphatic carbocycles. The number of ether oxygens (including phenoxy) is 1. The maximum absolute atomic E-state index is 12.7. The number of hydrogen-bond acceptors (Lipinski definition) is 5. The van der Waals surface area contributed by atoms with E-state index >= 15 is 0 Å². The van der Waals surface area contributed by atoms with Crippen molar-refractivity contribution in [3.63, 3.8) is 0 Å². The molecule has 0 atom stereocenters. The quantitative estimate of drug-likeness (QED) is 0.321. The fourth-order valence-electron chi connectivity index (χ4n) is 3.67. The van der Waals surface area contributed by atoms with Crippen LogP contribution in [0.25, 0.3) is 5.69 Å². The number of amides is 1. The van der Waals surface area contributed by atoms with E-state index in [2.05, 4.69) is 33.7 Å². The van der Waals surface area contributed by atoms with E-state index in [-0.39, 0.29) is 11.7 Å². The first-order valence-corrected chi connectivity index (χ1v) is 12.2. The van der Waals surface area contributed by atoms with Gasteiger partial charge in [0, 0.05) is 17.8 Å². The number of carbonyl (C=O) groups is 1. The monoisotopic (exact) mass is 472 g/mol. The highest BCUT2D eigenvalue weighted by atomic mass is 32.2. The maximum atomic E-state index is 12.7. The number of nitrogens with one attached hydrogen (secondary N) is 1. The number of benzene rings is 3. The zero-order valence-corrected chi connectivity index (χ0v) is 20.4. The van der Waals surface area contributed by atoms with Crippen molar-refractivity contribution in [3.05, 3.63) is 95.3 Å². The minimum Gasteiger partial charge on any atom is -0.494 e. The predicted molar refractivity (Wildman–Crippen MR) is 137 cm³/mol. The van der Waals surface area contributed by atoms with E-state index in [4.69, 9.17) is 4.74 Å². The molecule has 7 heteroatoms. The van der Waals surface area contributed by atoms with Crippen LogP contribution < -0.4 is 10.1 Å². The van der Waals surface area contributed by atoms with Crippen molar-refractivity contribution < 1.29 is 9.53 Å². The number of nitrogens with zero attached hydrogens (tertiary/aromatic N) is 3. The molecule has 0 fully saturated rings. The Labute approximate surface area is 204 Å². The van der Waals surface area contributed by atoms with Crippen molar-refractivity contribution in [3.8, 4) is 11.4 Å². The van der Waals surface area contributed by atoms with E-state index in [0.717, 1.165) is 34.1 Å². The van der Waals surface area contributed by atoms with E-state index in [1.807, 2.05) is 79.9 Å². The van der Waals surface area contributed by atoms with Gasteiger partial charge in [0.15, 0.2) is 5.16 Å². The summed E-state index contributed by atoms with van der Waals surface area (Å²) in [6, 6.07) is 24.0. The molecular weight excluding hydrogens is 444 g/mol. The molecule has 0 unspecified atom stereocenters. The Kier molecular flexibility index (Phi) is 7.65. The first-order chi connectivity index (χ1) is 16.5. The predicted octanol–water partition coefficient (Wildman–Crippen LogP) is 5.60. The Morgan fingerprint density at radius 2 is 1.76 bits per heavy atom. The Morgan fingerprint density at radius 3 is 2.47 bits per heavy atom. The van der Waals surface area contributed by atoms with Crippen molar-refractivity contribution in [2.45, 2.75) is 32.3 Å². The summed E-state index contributed by atoms with van der Waals surface area (Å²) in [5, 5.41) is 12.6. The number of anilines is 1. The van der Waals surface area contributed by atoms with Gasteiger partial charge in [-0.2, -0.15) is 0 Å². The fraction of sp³-hybridized carbons (Fsp3) is 0.222. The first kappa shape index (κ1) is 23.6. The third kappa shape index (κ3) is 5.85. The number of aromatic nitrogens is 3. The Morgan fingerprint density at radius 1 is 1.00 bits per heavy atom. The lowest BCUT2D eigenvalue weighted by Crippen LogP contribution is -2.15. The summed E-state index contributed by atoms with van der Waals surface area (Å²) >= 11 is 1.37. The number of carbonyl (C=O) groups excluding carboxylic acids is 1. The van der Waals surface area contributed by atoms with Gasteiger partial charge in [-0.05, 0) is 62.2 Å². The van der Waals surface area contributed by atoms with Gasteiger partial charge in [-0.15, -0.1) is 10.2 Å². The van der Waals surface area contributed by atoms with Crippen LogP contribution in [0.1, 0.15) is 29.4 Å². The summed E-state index contributed by atoms with van der Waals surface area (Å²) in [7, 11) is 0. The van der Waals surface area contributed by atoms with Gasteiger partial charge in [0.1, 0.15) is 11.6 Å². The molecule has 3 aromatic carbocycles. The molecule has 174 valence electrons. The standard InChI is InChI=1S/C27H28N4O2S/c1-4-33-23-13-11-22(12-14-23)31-25(17-21-8-6-5-7-9-21)29-30-27(31)34-18-26(32)28-24-15-10-19(2)16-20(24)3/h5-16H,4,17-18H2,1-3H3,(H,28,32). The van der Waals surface area contributed by atoms with Crippen molar-refractivity contribution >= 4 is 23.4 Å². The zero-order valence-electron chi connectivity index (χ0n) is 19.6. The van der Waals surface area contributed by atoms with Crippen molar-refractivity contribution in [1.29, 1.82) is 0 Å². The Bertz CT molecular complexity index is 1250. The molecule has 0 saturated heterocycles. The van der Waals surface area contributed by atoms with E-state index < -0.39 is 0 Å². The van der Waals surface area contributed by atoms with Crippen LogP contribution in [0.4, 0.5) is 5.69 Å². The second-order valence-electron chi connectivity index (χ2n) is 7.98. The molecule has 0 radical (unpaired) electrons. The molecule has 0 aliphatic heterocycles. The number of rotatable bonds is 9. The molecule has 1 heterocycles. The lowest BCUT2D eigenvalue weighted by molar-refractivity contribution is -0.113. The van der Waals surface area contributed by atoms with Crippen LogP contribution in [-0.2, 0) is 11.2 Å². The Balaban J connectivity index is 1.55. The second-order valence-corrected chi connectivity index (χ2v) is 8.92. The smallest absolute Gasteiger partial charge is 0.234 e. The van der Waals surface area contributed by atoms with E-state index in [1.165, 1.54) is 17.3 Å². The second kappa shape index (κ2) is 11.0. The molecule has 0 aliphatic rings. The van der Waals surface area contributed by atoms with Crippen LogP contribution in [0.15, 0.2) is 78.0 Å². The van der Waals surface area contributed by atoms with Crippen LogP contribution in [0.5, 0.6) is 5.75 Å². The van der Waals surface area contributed by atoms with Gasteiger partial charge in [0.2, 0.25) is 5.91 Å². The van der Waals surface area contributed by atoms with Crippen molar-refractivity contribution in [1.82, 2.24) is 14.8 Å². The van der Waals surface area contributed by atoms with Crippen LogP contribution in [-0.4, -0.2) is 33.0 Å². The third-order valence-corrected chi connectivity index (χ3v) is 6.23. The van der Waals surface area contributed by atoms with Gasteiger partial charge >= 0.3 is 0 Å². The number of thioether (sulfide) groups is 1. The fourth-order valence-corrected chi connectivity index (χ4v) is 4.45. The summed E-state index contributed by atoms with van der Waals surface area (Å²) < 4.78 is 7.60. The molecule has 0 bridgehead atoms. The van der Waals surface area contributed by atoms with Crippen LogP contribution >= 0.6 is 11.8 Å². The van der Waals surface area contributed by atoms with Gasteiger partial charge < -0.3 is 10.1 Å². The molecule has 1 amide bonds. The van der Waals surface area contributed by atoms with Crippen molar-refractivity contribution in [2.75, 3.05) is 17.7 Å². The molecule has 4 aromatic rings. The van der Waals surface area contributed by atoms with Gasteiger partial charge in [-0.1, -0.05) is 59.8 Å². The highest BCUT2D eigenvalue weighted by Gasteiger charge is 2.17. The average molecular weight is 473 g/mol.